The van der Waals surface area contributed by atoms with Crippen molar-refractivity contribution in [3.05, 3.63) is 58.0 Å². The Kier molecular flexibility index (Phi) is 5.85. The number of benzene rings is 1. The van der Waals surface area contributed by atoms with Crippen molar-refractivity contribution in [3.8, 4) is 0 Å². The van der Waals surface area contributed by atoms with Crippen LogP contribution in [0.1, 0.15) is 47.5 Å². The first kappa shape index (κ1) is 22.1. The fraction of sp³-hybridized carbons (Fsp3) is 0.400. The van der Waals surface area contributed by atoms with Crippen LogP contribution < -0.4 is 5.32 Å². The Hall–Kier alpha value is -3.08. The van der Waals surface area contributed by atoms with Crippen LogP contribution in [0.4, 0.5) is 23.7 Å². The van der Waals surface area contributed by atoms with Crippen molar-refractivity contribution in [1.29, 1.82) is 0 Å². The van der Waals surface area contributed by atoms with Gasteiger partial charge in [-0.05, 0) is 44.4 Å². The smallest absolute Gasteiger partial charge is 0.359 e. The fourth-order valence-corrected chi connectivity index (χ4v) is 3.91. The highest BCUT2D eigenvalue weighted by Gasteiger charge is 2.41. The quantitative estimate of drug-likeness (QED) is 0.583. The van der Waals surface area contributed by atoms with Gasteiger partial charge >= 0.3 is 12.2 Å². The molecule has 1 aliphatic heterocycles. The van der Waals surface area contributed by atoms with Crippen LogP contribution in [-0.2, 0) is 12.7 Å². The van der Waals surface area contributed by atoms with Crippen LogP contribution in [0.2, 0.25) is 5.02 Å². The number of urea groups is 1. The molecule has 2 aromatic heterocycles. The van der Waals surface area contributed by atoms with Crippen LogP contribution in [0.15, 0.2) is 28.8 Å². The normalized spacial score (nSPS) is 16.6. The molecule has 2 amide bonds. The van der Waals surface area contributed by atoms with Crippen molar-refractivity contribution in [3.63, 3.8) is 0 Å². The van der Waals surface area contributed by atoms with E-state index < -0.39 is 29.6 Å². The molecule has 1 saturated heterocycles. The Bertz CT molecular complexity index is 1130. The summed E-state index contributed by atoms with van der Waals surface area (Å²) < 4.78 is 46.2. The van der Waals surface area contributed by atoms with Crippen molar-refractivity contribution in [1.82, 2.24) is 24.8 Å². The van der Waals surface area contributed by atoms with Gasteiger partial charge in [-0.25, -0.2) is 4.79 Å². The number of carbonyl (C=O) groups is 1. The summed E-state index contributed by atoms with van der Waals surface area (Å²) in [5, 5.41) is 14.4. The molecule has 4 rings (SSSR count). The number of halogens is 4. The first-order valence-corrected chi connectivity index (χ1v) is 10.3. The lowest BCUT2D eigenvalue weighted by molar-refractivity contribution is -0.142. The number of aromatic nitrogens is 4. The van der Waals surface area contributed by atoms with Crippen LogP contribution in [0.25, 0.3) is 0 Å². The van der Waals surface area contributed by atoms with Gasteiger partial charge in [-0.15, -0.1) is 10.2 Å². The highest BCUT2D eigenvalue weighted by Crippen LogP contribution is 2.37. The largest absolute Gasteiger partial charge is 0.438 e. The second-order valence-corrected chi connectivity index (χ2v) is 8.00. The van der Waals surface area contributed by atoms with Crippen molar-refractivity contribution in [2.45, 2.75) is 45.5 Å². The highest BCUT2D eigenvalue weighted by molar-refractivity contribution is 6.30. The predicted octanol–water partition coefficient (Wildman–Crippen LogP) is 4.97. The average molecular weight is 469 g/mol. The van der Waals surface area contributed by atoms with E-state index in [1.807, 2.05) is 23.6 Å². The fourth-order valence-electron chi connectivity index (χ4n) is 3.78. The summed E-state index contributed by atoms with van der Waals surface area (Å²) in [6.07, 6.45) is -3.46. The van der Waals surface area contributed by atoms with Crippen molar-refractivity contribution >= 4 is 23.3 Å². The highest BCUT2D eigenvalue weighted by atomic mass is 35.5. The number of hydrogen-bond donors (Lipinski definition) is 1. The third-order valence-electron chi connectivity index (χ3n) is 5.39. The number of nitrogens with zero attached hydrogens (tertiary/aromatic N) is 5. The van der Waals surface area contributed by atoms with E-state index in [0.29, 0.717) is 42.6 Å². The van der Waals surface area contributed by atoms with Gasteiger partial charge in [0.2, 0.25) is 5.69 Å². The van der Waals surface area contributed by atoms with E-state index in [1.54, 1.807) is 12.1 Å². The average Bonchev–Trinajstić information content (AvgIpc) is 3.43. The minimum Gasteiger partial charge on any atom is -0.359 e. The second kappa shape index (κ2) is 8.45. The molecule has 0 saturated carbocycles. The summed E-state index contributed by atoms with van der Waals surface area (Å²) in [4.78, 5) is 14.4. The number of rotatable bonds is 4. The zero-order chi connectivity index (χ0) is 23.0. The first-order valence-electron chi connectivity index (χ1n) is 9.90. The minimum atomic E-state index is -4.75. The molecule has 1 fully saturated rings. The van der Waals surface area contributed by atoms with Crippen LogP contribution in [0.3, 0.4) is 0 Å². The number of alkyl halides is 3. The summed E-state index contributed by atoms with van der Waals surface area (Å²) in [5.74, 6) is 1.11. The molecule has 3 aromatic rings. The van der Waals surface area contributed by atoms with Gasteiger partial charge in [0.05, 0.1) is 12.6 Å². The molecule has 32 heavy (non-hydrogen) atoms. The molecule has 0 spiro atoms. The maximum absolute atomic E-state index is 13.2. The lowest BCUT2D eigenvalue weighted by atomic mass is 10.2. The third-order valence-corrected chi connectivity index (χ3v) is 5.65. The molecule has 1 N–H and O–H groups in total. The van der Waals surface area contributed by atoms with Gasteiger partial charge in [-0.3, -0.25) is 0 Å². The van der Waals surface area contributed by atoms with Crippen LogP contribution >= 0.6 is 11.6 Å². The topological polar surface area (TPSA) is 89.1 Å². The molecule has 0 aliphatic carbocycles. The van der Waals surface area contributed by atoms with Gasteiger partial charge in [0.15, 0.2) is 11.6 Å². The zero-order valence-electron chi connectivity index (χ0n) is 17.3. The SMILES string of the molecule is Cc1onc(C(F)(F)F)c1NC(=O)N1CCC[C@@H]1c1nnc(C)n1Cc1ccc(Cl)cc1. The Morgan fingerprint density at radius 2 is 1.97 bits per heavy atom. The van der Waals surface area contributed by atoms with Crippen LogP contribution in [0.5, 0.6) is 0 Å². The molecule has 12 heteroatoms. The van der Waals surface area contributed by atoms with Crippen LogP contribution in [0, 0.1) is 13.8 Å². The van der Waals surface area contributed by atoms with Gasteiger partial charge < -0.3 is 19.3 Å². The summed E-state index contributed by atoms with van der Waals surface area (Å²) in [6.45, 7) is 3.96. The Morgan fingerprint density at radius 3 is 2.66 bits per heavy atom. The summed E-state index contributed by atoms with van der Waals surface area (Å²) in [5.41, 5.74) is -0.768. The van der Waals surface area contributed by atoms with Crippen molar-refractivity contribution in [2.75, 3.05) is 11.9 Å². The summed E-state index contributed by atoms with van der Waals surface area (Å²) in [7, 11) is 0. The second-order valence-electron chi connectivity index (χ2n) is 7.56. The van der Waals surface area contributed by atoms with Gasteiger partial charge in [0.25, 0.3) is 0 Å². The van der Waals surface area contributed by atoms with E-state index in [0.717, 1.165) is 5.56 Å². The number of carbonyl (C=O) groups excluding carboxylic acids is 1. The van der Waals surface area contributed by atoms with Crippen molar-refractivity contribution in [2.24, 2.45) is 0 Å². The molecule has 3 heterocycles. The summed E-state index contributed by atoms with van der Waals surface area (Å²) >= 11 is 5.96. The summed E-state index contributed by atoms with van der Waals surface area (Å²) in [6, 6.07) is 6.23. The molecule has 0 radical (unpaired) electrons. The molecule has 0 unspecified atom stereocenters. The van der Waals surface area contributed by atoms with Crippen molar-refractivity contribution < 1.29 is 22.5 Å². The monoisotopic (exact) mass is 468 g/mol. The molecular formula is C20H20ClF3N6O2. The predicted molar refractivity (Wildman–Crippen MR) is 109 cm³/mol. The Balaban J connectivity index is 1.58. The number of hydrogen-bond acceptors (Lipinski definition) is 5. The lowest BCUT2D eigenvalue weighted by Gasteiger charge is -2.25. The lowest BCUT2D eigenvalue weighted by Crippen LogP contribution is -2.36. The zero-order valence-corrected chi connectivity index (χ0v) is 18.0. The van der Waals surface area contributed by atoms with E-state index in [-0.39, 0.29) is 5.76 Å². The molecule has 1 aromatic carbocycles. The van der Waals surface area contributed by atoms with E-state index in [2.05, 4.69) is 25.2 Å². The van der Waals surface area contributed by atoms with Crippen LogP contribution in [-0.4, -0.2) is 37.4 Å². The first-order chi connectivity index (χ1) is 15.1. The molecule has 1 atom stereocenters. The maximum atomic E-state index is 13.2. The molecule has 0 bridgehead atoms. The number of nitrogens with one attached hydrogen (secondary N) is 1. The van der Waals surface area contributed by atoms with E-state index in [1.165, 1.54) is 11.8 Å². The number of aryl methyl sites for hydroxylation is 2. The van der Waals surface area contributed by atoms with E-state index >= 15 is 0 Å². The van der Waals surface area contributed by atoms with E-state index in [4.69, 9.17) is 11.6 Å². The number of amides is 2. The van der Waals surface area contributed by atoms with Gasteiger partial charge in [0, 0.05) is 11.6 Å². The molecule has 170 valence electrons. The Labute approximate surface area is 186 Å². The van der Waals surface area contributed by atoms with Gasteiger partial charge in [-0.2, -0.15) is 13.2 Å². The van der Waals surface area contributed by atoms with Gasteiger partial charge in [-0.1, -0.05) is 28.9 Å². The molecule has 1 aliphatic rings. The van der Waals surface area contributed by atoms with E-state index in [9.17, 15) is 18.0 Å². The minimum absolute atomic E-state index is 0.122. The standard InChI is InChI=1S/C20H20ClF3N6O2/c1-11-16(17(28-32-11)20(22,23)24)25-19(31)29-9-3-4-15(29)18-27-26-12(2)30(18)10-13-5-7-14(21)8-6-13/h5-8,15H,3-4,9-10H2,1-2H3,(H,25,31)/t15-/m1/s1. The van der Waals surface area contributed by atoms with Gasteiger partial charge in [0.1, 0.15) is 11.5 Å². The Morgan fingerprint density at radius 1 is 1.25 bits per heavy atom. The molecule has 8 nitrogen and oxygen atoms in total. The maximum Gasteiger partial charge on any atom is 0.438 e. The number of anilines is 1. The third kappa shape index (κ3) is 4.29. The number of likely N-dealkylation sites (tertiary alicyclic amines) is 1. The molecular weight excluding hydrogens is 449 g/mol.